The zero-order valence-electron chi connectivity index (χ0n) is 10.8. The number of carbonyl (C=O) groups excluding carboxylic acids is 1. The molecule has 1 aromatic carbocycles. The molecule has 0 aromatic heterocycles. The Kier molecular flexibility index (Phi) is 4.87. The second-order valence-corrected chi connectivity index (χ2v) is 4.38. The van der Waals surface area contributed by atoms with Gasteiger partial charge in [-0.15, -0.1) is 0 Å². The summed E-state index contributed by atoms with van der Waals surface area (Å²) in [5.74, 6) is -0.0539. The topological polar surface area (TPSA) is 44.8 Å². The van der Waals surface area contributed by atoms with Crippen molar-refractivity contribution in [2.24, 2.45) is 0 Å². The molecule has 1 aromatic rings. The third kappa shape index (κ3) is 3.75. The van der Waals surface area contributed by atoms with Gasteiger partial charge in [-0.25, -0.2) is 4.39 Å². The maximum absolute atomic E-state index is 13.8. The Hall–Kier alpha value is -1.46. The van der Waals surface area contributed by atoms with Gasteiger partial charge >= 0.3 is 0 Å². The third-order valence-electron chi connectivity index (χ3n) is 3.01. The van der Waals surface area contributed by atoms with Gasteiger partial charge in [-0.1, -0.05) is 0 Å². The van der Waals surface area contributed by atoms with Crippen LogP contribution in [-0.4, -0.2) is 38.6 Å². The summed E-state index contributed by atoms with van der Waals surface area (Å²) >= 11 is 0. The predicted octanol–water partition coefficient (Wildman–Crippen LogP) is 2.37. The smallest absolute Gasteiger partial charge is 0.263 e. The number of alkyl halides is 1. The first-order chi connectivity index (χ1) is 9.20. The number of ketones is 1. The zero-order chi connectivity index (χ0) is 13.7. The van der Waals surface area contributed by atoms with E-state index in [4.69, 9.17) is 14.2 Å². The van der Waals surface area contributed by atoms with Gasteiger partial charge in [0.25, 0.3) is 6.36 Å². The molecule has 0 aliphatic carbocycles. The van der Waals surface area contributed by atoms with Crippen molar-refractivity contribution in [1.82, 2.24) is 0 Å². The van der Waals surface area contributed by atoms with Crippen LogP contribution in [0, 0.1) is 0 Å². The molecule has 0 radical (unpaired) electrons. The second kappa shape index (κ2) is 6.63. The first-order valence-corrected chi connectivity index (χ1v) is 6.26. The van der Waals surface area contributed by atoms with Crippen molar-refractivity contribution in [3.63, 3.8) is 0 Å². The first kappa shape index (κ1) is 14.0. The predicted molar refractivity (Wildman–Crippen MR) is 67.1 cm³/mol. The van der Waals surface area contributed by atoms with Crippen molar-refractivity contribution in [3.05, 3.63) is 29.8 Å². The van der Waals surface area contributed by atoms with E-state index in [0.717, 1.165) is 12.8 Å². The Morgan fingerprint density at radius 3 is 2.74 bits per heavy atom. The molecule has 1 heterocycles. The van der Waals surface area contributed by atoms with E-state index in [1.165, 1.54) is 19.2 Å². The van der Waals surface area contributed by atoms with Gasteiger partial charge in [-0.3, -0.25) is 4.79 Å². The molecule has 0 amide bonds. The molecule has 19 heavy (non-hydrogen) atoms. The van der Waals surface area contributed by atoms with Gasteiger partial charge < -0.3 is 14.2 Å². The second-order valence-electron chi connectivity index (χ2n) is 4.38. The molecule has 5 heteroatoms. The monoisotopic (exact) mass is 268 g/mol. The van der Waals surface area contributed by atoms with E-state index in [1.807, 2.05) is 0 Å². The summed E-state index contributed by atoms with van der Waals surface area (Å²) in [4.78, 5) is 11.8. The minimum absolute atomic E-state index is 0.269. The molecule has 104 valence electrons. The summed E-state index contributed by atoms with van der Waals surface area (Å²) in [6.07, 6.45) is -0.740. The molecule has 2 unspecified atom stereocenters. The highest BCUT2D eigenvalue weighted by Gasteiger charge is 2.25. The average molecular weight is 268 g/mol. The molecule has 0 spiro atoms. The Morgan fingerprint density at radius 1 is 1.42 bits per heavy atom. The van der Waals surface area contributed by atoms with E-state index in [1.54, 1.807) is 12.1 Å². The van der Waals surface area contributed by atoms with Crippen LogP contribution in [0.4, 0.5) is 4.39 Å². The molecule has 0 N–H and O–H groups in total. The van der Waals surface area contributed by atoms with Crippen molar-refractivity contribution in [2.45, 2.75) is 25.3 Å². The molecule has 2 rings (SSSR count). The molecule has 1 aliphatic heterocycles. The number of halogens is 1. The highest BCUT2D eigenvalue weighted by molar-refractivity contribution is 5.98. The number of ether oxygens (including phenoxy) is 3. The van der Waals surface area contributed by atoms with Crippen LogP contribution >= 0.6 is 0 Å². The van der Waals surface area contributed by atoms with Crippen molar-refractivity contribution in [3.8, 4) is 5.75 Å². The molecule has 1 fully saturated rings. The molecule has 1 saturated heterocycles. The van der Waals surface area contributed by atoms with Crippen LogP contribution in [0.1, 0.15) is 23.2 Å². The minimum Gasteiger partial charge on any atom is -0.497 e. The summed E-state index contributed by atoms with van der Waals surface area (Å²) in [6, 6.07) is 6.27. The van der Waals surface area contributed by atoms with Gasteiger partial charge in [-0.2, -0.15) is 0 Å². The highest BCUT2D eigenvalue weighted by atomic mass is 19.1. The number of benzene rings is 1. The average Bonchev–Trinajstić information content (AvgIpc) is 2.47. The summed E-state index contributed by atoms with van der Waals surface area (Å²) < 4.78 is 29.0. The lowest BCUT2D eigenvalue weighted by Gasteiger charge is -2.23. The van der Waals surface area contributed by atoms with Crippen LogP contribution in [0.15, 0.2) is 24.3 Å². The lowest BCUT2D eigenvalue weighted by atomic mass is 10.1. The van der Waals surface area contributed by atoms with Crippen LogP contribution in [0.3, 0.4) is 0 Å². The Bertz CT molecular complexity index is 412. The fourth-order valence-electron chi connectivity index (χ4n) is 1.94. The van der Waals surface area contributed by atoms with E-state index < -0.39 is 12.1 Å². The number of carbonyl (C=O) groups is 1. The number of methoxy groups -OCH3 is 1. The molecule has 1 aliphatic rings. The lowest BCUT2D eigenvalue weighted by molar-refractivity contribution is -0.111. The van der Waals surface area contributed by atoms with Gasteiger partial charge in [0.15, 0.2) is 0 Å². The summed E-state index contributed by atoms with van der Waals surface area (Å²) in [7, 11) is 1.53. The standard InChI is InChI=1S/C14H17FO4/c1-17-11-6-4-10(5-7-11)13(16)14(15)19-12-3-2-8-18-9-12/h4-7,12,14H,2-3,8-9H2,1H3. The van der Waals surface area contributed by atoms with Crippen molar-refractivity contribution in [2.75, 3.05) is 20.3 Å². The van der Waals surface area contributed by atoms with Gasteiger partial charge in [0.1, 0.15) is 5.75 Å². The van der Waals surface area contributed by atoms with Gasteiger partial charge in [0.05, 0.1) is 19.8 Å². The molecule has 4 nitrogen and oxygen atoms in total. The normalized spacial score (nSPS) is 20.8. The Balaban J connectivity index is 1.93. The maximum atomic E-state index is 13.8. The fraction of sp³-hybridized carbons (Fsp3) is 0.500. The van der Waals surface area contributed by atoms with E-state index >= 15 is 0 Å². The van der Waals surface area contributed by atoms with Crippen molar-refractivity contribution < 1.29 is 23.4 Å². The number of hydrogen-bond donors (Lipinski definition) is 0. The van der Waals surface area contributed by atoms with Gasteiger partial charge in [0, 0.05) is 12.2 Å². The first-order valence-electron chi connectivity index (χ1n) is 6.26. The van der Waals surface area contributed by atoms with Crippen LogP contribution in [0.25, 0.3) is 0 Å². The fourth-order valence-corrected chi connectivity index (χ4v) is 1.94. The van der Waals surface area contributed by atoms with E-state index in [9.17, 15) is 9.18 Å². The number of rotatable bonds is 5. The highest BCUT2D eigenvalue weighted by Crippen LogP contribution is 2.17. The molecule has 0 bridgehead atoms. The summed E-state index contributed by atoms with van der Waals surface area (Å²) in [5.41, 5.74) is 0.269. The van der Waals surface area contributed by atoms with Crippen LogP contribution in [0.2, 0.25) is 0 Å². The maximum Gasteiger partial charge on any atom is 0.263 e. The zero-order valence-corrected chi connectivity index (χ0v) is 10.8. The Labute approximate surface area is 111 Å². The van der Waals surface area contributed by atoms with Crippen molar-refractivity contribution in [1.29, 1.82) is 0 Å². The SMILES string of the molecule is COc1ccc(C(=O)C(F)OC2CCCOC2)cc1. The molecular weight excluding hydrogens is 251 g/mol. The largest absolute Gasteiger partial charge is 0.497 e. The van der Waals surface area contributed by atoms with Crippen LogP contribution in [-0.2, 0) is 9.47 Å². The number of Topliss-reactive ketones (excluding diaryl/α,β-unsaturated/α-hetero) is 1. The van der Waals surface area contributed by atoms with Crippen LogP contribution in [0.5, 0.6) is 5.75 Å². The van der Waals surface area contributed by atoms with Crippen molar-refractivity contribution >= 4 is 5.78 Å². The molecule has 2 atom stereocenters. The number of hydrogen-bond acceptors (Lipinski definition) is 4. The molecular formula is C14H17FO4. The third-order valence-corrected chi connectivity index (χ3v) is 3.01. The Morgan fingerprint density at radius 2 is 2.16 bits per heavy atom. The quantitative estimate of drug-likeness (QED) is 0.769. The molecule has 0 saturated carbocycles. The summed E-state index contributed by atoms with van der Waals surface area (Å²) in [6.45, 7) is 1.01. The van der Waals surface area contributed by atoms with E-state index in [-0.39, 0.29) is 11.7 Å². The van der Waals surface area contributed by atoms with Gasteiger partial charge in [-0.05, 0) is 37.1 Å². The summed E-state index contributed by atoms with van der Waals surface area (Å²) in [5, 5.41) is 0. The van der Waals surface area contributed by atoms with E-state index in [2.05, 4.69) is 0 Å². The lowest BCUT2D eigenvalue weighted by Crippen LogP contribution is -2.32. The van der Waals surface area contributed by atoms with Crippen LogP contribution < -0.4 is 4.74 Å². The minimum atomic E-state index is -1.94. The van der Waals surface area contributed by atoms with E-state index in [0.29, 0.717) is 19.0 Å². The van der Waals surface area contributed by atoms with Gasteiger partial charge in [0.2, 0.25) is 5.78 Å².